The summed E-state index contributed by atoms with van der Waals surface area (Å²) in [6, 6.07) is 10.2. The van der Waals surface area contributed by atoms with Crippen LogP contribution in [0, 0.1) is 0 Å². The number of benzene rings is 2. The van der Waals surface area contributed by atoms with Crippen LogP contribution in [0.25, 0.3) is 0 Å². The van der Waals surface area contributed by atoms with Gasteiger partial charge in [-0.1, -0.05) is 46.9 Å². The molecule has 0 aliphatic carbocycles. The molecule has 178 valence electrons. The lowest BCUT2D eigenvalue weighted by Gasteiger charge is -2.17. The number of pyridine rings is 1. The fourth-order valence-electron chi connectivity index (χ4n) is 3.12. The van der Waals surface area contributed by atoms with Gasteiger partial charge < -0.3 is 19.5 Å². The normalized spacial score (nSPS) is 10.5. The summed E-state index contributed by atoms with van der Waals surface area (Å²) in [6.07, 6.45) is 2.72. The second kappa shape index (κ2) is 11.9. The molecule has 1 N–H and O–H groups in total. The van der Waals surface area contributed by atoms with Gasteiger partial charge in [0.1, 0.15) is 0 Å². The third kappa shape index (κ3) is 6.32. The lowest BCUT2D eigenvalue weighted by Crippen LogP contribution is -2.28. The highest BCUT2D eigenvalue weighted by atomic mass is 35.5. The Morgan fingerprint density at radius 2 is 1.59 bits per heavy atom. The number of ether oxygens (including phenoxy) is 3. The first kappa shape index (κ1) is 25.6. The number of hydrogen-bond donors (Lipinski definition) is 1. The number of aromatic nitrogens is 1. The molecule has 0 radical (unpaired) electrons. The van der Waals surface area contributed by atoms with Gasteiger partial charge in [0.05, 0.1) is 29.8 Å². The number of carbonyl (C=O) groups excluding carboxylic acids is 2. The Kier molecular flexibility index (Phi) is 8.98. The van der Waals surface area contributed by atoms with E-state index in [0.717, 1.165) is 5.56 Å². The summed E-state index contributed by atoms with van der Waals surface area (Å²) >= 11 is 18.2. The first-order valence-electron chi connectivity index (χ1n) is 10.0. The molecule has 2 aromatic carbocycles. The molecule has 0 saturated carbocycles. The summed E-state index contributed by atoms with van der Waals surface area (Å²) in [6.45, 7) is -0.0619. The van der Waals surface area contributed by atoms with Gasteiger partial charge in [-0.25, -0.2) is 0 Å². The van der Waals surface area contributed by atoms with E-state index in [4.69, 9.17) is 49.0 Å². The van der Waals surface area contributed by atoms with E-state index in [-0.39, 0.29) is 45.9 Å². The number of halogens is 3. The zero-order valence-corrected chi connectivity index (χ0v) is 20.6. The van der Waals surface area contributed by atoms with E-state index >= 15 is 0 Å². The number of carbonyl (C=O) groups is 2. The van der Waals surface area contributed by atoms with E-state index in [9.17, 15) is 9.59 Å². The Morgan fingerprint density at radius 1 is 0.912 bits per heavy atom. The number of nitrogens with zero attached hydrogens (tertiary/aromatic N) is 1. The summed E-state index contributed by atoms with van der Waals surface area (Å²) in [7, 11) is 2.87. The number of rotatable bonds is 10. The number of Topliss-reactive ketones (excluding diaryl/α,β-unsaturated/α-hetero) is 1. The molecule has 7 nitrogen and oxygen atoms in total. The van der Waals surface area contributed by atoms with E-state index < -0.39 is 5.91 Å². The highest BCUT2D eigenvalue weighted by Crippen LogP contribution is 2.40. The third-order valence-corrected chi connectivity index (χ3v) is 5.74. The summed E-state index contributed by atoms with van der Waals surface area (Å²) in [5.41, 5.74) is 1.50. The molecule has 1 aromatic heterocycles. The molecule has 0 atom stereocenters. The van der Waals surface area contributed by atoms with Gasteiger partial charge in [-0.15, -0.1) is 0 Å². The Bertz CT molecular complexity index is 1170. The van der Waals surface area contributed by atoms with Crippen molar-refractivity contribution in [1.82, 2.24) is 10.3 Å². The minimum atomic E-state index is -0.390. The van der Waals surface area contributed by atoms with E-state index in [1.165, 1.54) is 32.7 Å². The zero-order valence-electron chi connectivity index (χ0n) is 18.4. The molecule has 0 aliphatic rings. The maximum atomic E-state index is 13.2. The average Bonchev–Trinajstić information content (AvgIpc) is 2.83. The summed E-state index contributed by atoms with van der Waals surface area (Å²) in [5, 5.41) is 3.90. The van der Waals surface area contributed by atoms with Crippen molar-refractivity contribution in [3.63, 3.8) is 0 Å². The van der Waals surface area contributed by atoms with E-state index in [0.29, 0.717) is 22.9 Å². The van der Waals surface area contributed by atoms with Gasteiger partial charge in [0, 0.05) is 35.9 Å². The molecule has 0 fully saturated rings. The molecule has 1 amide bonds. The molecular weight excluding hydrogens is 503 g/mol. The quantitative estimate of drug-likeness (QED) is 0.369. The van der Waals surface area contributed by atoms with E-state index in [1.807, 2.05) is 0 Å². The number of methoxy groups -OCH3 is 2. The van der Waals surface area contributed by atoms with Crippen molar-refractivity contribution < 1.29 is 23.8 Å². The molecular formula is C24H21Cl3N2O5. The lowest BCUT2D eigenvalue weighted by molar-refractivity contribution is -0.123. The molecule has 3 rings (SSSR count). The average molecular weight is 524 g/mol. The van der Waals surface area contributed by atoms with Gasteiger partial charge in [0.2, 0.25) is 5.75 Å². The van der Waals surface area contributed by atoms with Crippen LogP contribution < -0.4 is 19.5 Å². The zero-order chi connectivity index (χ0) is 24.7. The topological polar surface area (TPSA) is 86.8 Å². The van der Waals surface area contributed by atoms with Crippen LogP contribution in [0.4, 0.5) is 0 Å². The van der Waals surface area contributed by atoms with Gasteiger partial charge >= 0.3 is 0 Å². The minimum absolute atomic E-state index is 0.0785. The van der Waals surface area contributed by atoms with Crippen molar-refractivity contribution >= 4 is 46.5 Å². The van der Waals surface area contributed by atoms with Gasteiger partial charge in [-0.3, -0.25) is 14.6 Å². The largest absolute Gasteiger partial charge is 0.493 e. The lowest BCUT2D eigenvalue weighted by atomic mass is 10.0. The predicted octanol–water partition coefficient (Wildman–Crippen LogP) is 5.18. The fraction of sp³-hybridized carbons (Fsp3) is 0.208. The van der Waals surface area contributed by atoms with Gasteiger partial charge in [0.25, 0.3) is 5.91 Å². The molecule has 3 aromatic rings. The van der Waals surface area contributed by atoms with Crippen molar-refractivity contribution in [2.45, 2.75) is 13.0 Å². The van der Waals surface area contributed by atoms with Crippen LogP contribution in [0.3, 0.4) is 0 Å². The van der Waals surface area contributed by atoms with Crippen LogP contribution in [-0.2, 0) is 17.8 Å². The smallest absolute Gasteiger partial charge is 0.258 e. The highest BCUT2D eigenvalue weighted by Gasteiger charge is 2.23. The van der Waals surface area contributed by atoms with Crippen molar-refractivity contribution in [3.05, 3.63) is 80.6 Å². The number of hydrogen-bond acceptors (Lipinski definition) is 6. The number of nitrogens with one attached hydrogen (secondary N) is 1. The van der Waals surface area contributed by atoms with Gasteiger partial charge in [0.15, 0.2) is 23.9 Å². The molecule has 1 heterocycles. The van der Waals surface area contributed by atoms with Crippen LogP contribution in [0.2, 0.25) is 15.1 Å². The number of ketones is 1. The summed E-state index contributed by atoms with van der Waals surface area (Å²) < 4.78 is 16.5. The minimum Gasteiger partial charge on any atom is -0.493 e. The summed E-state index contributed by atoms with van der Waals surface area (Å²) in [5.74, 6) is -0.123. The van der Waals surface area contributed by atoms with Crippen molar-refractivity contribution in [3.8, 4) is 17.2 Å². The van der Waals surface area contributed by atoms with Crippen LogP contribution in [0.5, 0.6) is 17.2 Å². The standard InChI is InChI=1S/C24H21Cl3N2O5/c1-32-21-8-7-16(20(30)9-17-18(26)11-28-12-19(17)27)23(24(21)33-2)34-13-22(31)29-10-14-3-5-15(25)6-4-14/h3-8,11-12H,9-10,13H2,1-2H3,(H,29,31). The van der Waals surface area contributed by atoms with E-state index in [1.54, 1.807) is 30.3 Å². The Hall–Kier alpha value is -3.00. The Morgan fingerprint density at radius 3 is 2.21 bits per heavy atom. The van der Waals surface area contributed by atoms with E-state index in [2.05, 4.69) is 10.3 Å². The van der Waals surface area contributed by atoms with Crippen molar-refractivity contribution in [2.24, 2.45) is 0 Å². The Labute approximate surface area is 211 Å². The van der Waals surface area contributed by atoms with Gasteiger partial charge in [-0.05, 0) is 29.8 Å². The van der Waals surface area contributed by atoms with Crippen molar-refractivity contribution in [2.75, 3.05) is 20.8 Å². The van der Waals surface area contributed by atoms with Crippen molar-refractivity contribution in [1.29, 1.82) is 0 Å². The molecule has 10 heteroatoms. The Balaban J connectivity index is 1.79. The molecule has 34 heavy (non-hydrogen) atoms. The van der Waals surface area contributed by atoms with Crippen LogP contribution >= 0.6 is 34.8 Å². The molecule has 0 saturated heterocycles. The van der Waals surface area contributed by atoms with Crippen LogP contribution in [-0.4, -0.2) is 37.5 Å². The van der Waals surface area contributed by atoms with Gasteiger partial charge in [-0.2, -0.15) is 0 Å². The number of amides is 1. The molecule has 0 bridgehead atoms. The predicted molar refractivity (Wildman–Crippen MR) is 131 cm³/mol. The highest BCUT2D eigenvalue weighted by molar-refractivity contribution is 6.36. The maximum Gasteiger partial charge on any atom is 0.258 e. The van der Waals surface area contributed by atoms with Crippen LogP contribution in [0.1, 0.15) is 21.5 Å². The molecule has 0 spiro atoms. The SMILES string of the molecule is COc1ccc(C(=O)Cc2c(Cl)cncc2Cl)c(OCC(=O)NCc2ccc(Cl)cc2)c1OC. The second-order valence-corrected chi connectivity index (χ2v) is 8.30. The molecule has 0 unspecified atom stereocenters. The third-order valence-electron chi connectivity index (χ3n) is 4.84. The monoisotopic (exact) mass is 522 g/mol. The maximum absolute atomic E-state index is 13.2. The fourth-order valence-corrected chi connectivity index (χ4v) is 3.74. The molecule has 0 aliphatic heterocycles. The van der Waals surface area contributed by atoms with Crippen LogP contribution in [0.15, 0.2) is 48.8 Å². The second-order valence-electron chi connectivity index (χ2n) is 7.05. The first-order chi connectivity index (χ1) is 16.3. The first-order valence-corrected chi connectivity index (χ1v) is 11.2. The summed E-state index contributed by atoms with van der Waals surface area (Å²) in [4.78, 5) is 29.5.